The van der Waals surface area contributed by atoms with E-state index >= 15 is 0 Å². The minimum Gasteiger partial charge on any atom is -0.352 e. The third-order valence-corrected chi connectivity index (χ3v) is 5.87. The fraction of sp³-hybridized carbons (Fsp3) is 0.632. The van der Waals surface area contributed by atoms with Gasteiger partial charge in [-0.05, 0) is 31.7 Å². The molecule has 4 heterocycles. The highest BCUT2D eigenvalue weighted by Crippen LogP contribution is 2.40. The zero-order valence-corrected chi connectivity index (χ0v) is 15.2. The summed E-state index contributed by atoms with van der Waals surface area (Å²) in [7, 11) is 0. The summed E-state index contributed by atoms with van der Waals surface area (Å²) in [6.07, 6.45) is 8.62. The predicted molar refractivity (Wildman–Crippen MR) is 99.4 cm³/mol. The Morgan fingerprint density at radius 1 is 1.08 bits per heavy atom. The fourth-order valence-electron chi connectivity index (χ4n) is 4.13. The number of amides is 1. The minimum absolute atomic E-state index is 0.293. The Labute approximate surface area is 153 Å². The first-order valence-corrected chi connectivity index (χ1v) is 9.87. The molecule has 7 heteroatoms. The lowest BCUT2D eigenvalue weighted by atomic mass is 10.2. The number of fused-ring (bicyclic) bond motifs is 1. The molecule has 2 saturated heterocycles. The van der Waals surface area contributed by atoms with Crippen molar-refractivity contribution < 1.29 is 4.79 Å². The zero-order valence-electron chi connectivity index (χ0n) is 15.2. The number of likely N-dealkylation sites (tertiary alicyclic amines) is 1. The number of anilines is 1. The highest BCUT2D eigenvalue weighted by molar-refractivity contribution is 5.78. The second-order valence-electron chi connectivity index (χ2n) is 7.78. The molecule has 138 valence electrons. The van der Waals surface area contributed by atoms with Crippen molar-refractivity contribution in [3.8, 4) is 0 Å². The van der Waals surface area contributed by atoms with Gasteiger partial charge in [-0.3, -0.25) is 9.69 Å². The topological polar surface area (TPSA) is 57.0 Å². The quantitative estimate of drug-likeness (QED) is 0.830. The Balaban J connectivity index is 1.25. The molecule has 0 spiro atoms. The molecule has 2 aliphatic heterocycles. The van der Waals surface area contributed by atoms with E-state index in [1.165, 1.54) is 18.5 Å². The normalized spacial score (nSPS) is 21.7. The zero-order chi connectivity index (χ0) is 17.5. The van der Waals surface area contributed by atoms with E-state index < -0.39 is 0 Å². The average Bonchev–Trinajstić information content (AvgIpc) is 3.19. The number of carbonyl (C=O) groups is 1. The van der Waals surface area contributed by atoms with E-state index in [4.69, 9.17) is 5.10 Å². The number of piperazine rings is 1. The largest absolute Gasteiger partial charge is 0.352 e. The minimum atomic E-state index is 0.293. The summed E-state index contributed by atoms with van der Waals surface area (Å²) in [5.74, 6) is 1.97. The Morgan fingerprint density at radius 2 is 1.85 bits per heavy atom. The molecule has 1 amide bonds. The van der Waals surface area contributed by atoms with Crippen LogP contribution in [0.15, 0.2) is 18.5 Å². The van der Waals surface area contributed by atoms with Gasteiger partial charge in [0, 0.05) is 57.6 Å². The highest BCUT2D eigenvalue weighted by atomic mass is 16.2. The van der Waals surface area contributed by atoms with Gasteiger partial charge in [-0.2, -0.15) is 5.10 Å². The maximum Gasteiger partial charge on any atom is 0.236 e. The van der Waals surface area contributed by atoms with Crippen molar-refractivity contribution in [2.24, 2.45) is 0 Å². The summed E-state index contributed by atoms with van der Waals surface area (Å²) >= 11 is 0. The number of rotatable bonds is 4. The summed E-state index contributed by atoms with van der Waals surface area (Å²) in [6.45, 7) is 6.07. The lowest BCUT2D eigenvalue weighted by Crippen LogP contribution is -2.50. The second kappa shape index (κ2) is 6.54. The smallest absolute Gasteiger partial charge is 0.236 e. The van der Waals surface area contributed by atoms with E-state index in [9.17, 15) is 4.79 Å². The summed E-state index contributed by atoms with van der Waals surface area (Å²) in [6, 6.07) is 2.21. The average molecular weight is 354 g/mol. The van der Waals surface area contributed by atoms with Gasteiger partial charge in [0.05, 0.1) is 12.2 Å². The van der Waals surface area contributed by atoms with E-state index in [0.29, 0.717) is 18.4 Å². The van der Waals surface area contributed by atoms with Gasteiger partial charge >= 0.3 is 0 Å². The van der Waals surface area contributed by atoms with Gasteiger partial charge in [0.2, 0.25) is 5.91 Å². The van der Waals surface area contributed by atoms with Gasteiger partial charge in [-0.25, -0.2) is 9.50 Å². The Bertz CT molecular complexity index is 799. The molecule has 5 rings (SSSR count). The molecular weight excluding hydrogens is 328 g/mol. The maximum absolute atomic E-state index is 12.4. The number of hydrogen-bond acceptors (Lipinski definition) is 5. The van der Waals surface area contributed by atoms with Gasteiger partial charge < -0.3 is 9.80 Å². The van der Waals surface area contributed by atoms with Crippen LogP contribution in [-0.2, 0) is 4.79 Å². The molecule has 2 aromatic rings. The molecule has 2 aromatic heterocycles. The van der Waals surface area contributed by atoms with Crippen LogP contribution in [0.4, 0.5) is 5.82 Å². The van der Waals surface area contributed by atoms with Crippen LogP contribution in [0.5, 0.6) is 0 Å². The van der Waals surface area contributed by atoms with E-state index in [1.54, 1.807) is 0 Å². The first kappa shape index (κ1) is 16.1. The molecular formula is C19H26N6O. The van der Waals surface area contributed by atoms with Crippen LogP contribution >= 0.6 is 0 Å². The highest BCUT2D eigenvalue weighted by Gasteiger charge is 2.28. The maximum atomic E-state index is 12.4. The van der Waals surface area contributed by atoms with Gasteiger partial charge in [0.25, 0.3) is 0 Å². The van der Waals surface area contributed by atoms with E-state index in [-0.39, 0.29) is 0 Å². The lowest BCUT2D eigenvalue weighted by molar-refractivity contribution is -0.131. The number of carbonyl (C=O) groups excluding carboxylic acids is 1. The van der Waals surface area contributed by atoms with Crippen LogP contribution in [0.1, 0.15) is 37.3 Å². The van der Waals surface area contributed by atoms with Gasteiger partial charge in [0.1, 0.15) is 5.52 Å². The summed E-state index contributed by atoms with van der Waals surface area (Å²) in [5, 5.41) is 4.72. The van der Waals surface area contributed by atoms with Crippen molar-refractivity contribution in [2.75, 3.05) is 50.7 Å². The molecule has 1 saturated carbocycles. The van der Waals surface area contributed by atoms with Crippen molar-refractivity contribution in [1.82, 2.24) is 24.4 Å². The number of aromatic nitrogens is 3. The molecule has 0 radical (unpaired) electrons. The Morgan fingerprint density at radius 3 is 2.58 bits per heavy atom. The van der Waals surface area contributed by atoms with Crippen LogP contribution in [-0.4, -0.2) is 76.1 Å². The van der Waals surface area contributed by atoms with Crippen LogP contribution in [0.2, 0.25) is 0 Å². The lowest BCUT2D eigenvalue weighted by Gasteiger charge is -2.35. The molecule has 1 aliphatic carbocycles. The SMILES string of the molecule is O=C(CN1CCN(c2nccn3nc(C4CC4)cc23)CC1)N1CCCC1. The Kier molecular flexibility index (Phi) is 4.04. The van der Waals surface area contributed by atoms with Crippen LogP contribution in [0.25, 0.3) is 5.52 Å². The molecule has 7 nitrogen and oxygen atoms in total. The molecule has 0 bridgehead atoms. The summed E-state index contributed by atoms with van der Waals surface area (Å²) in [5.41, 5.74) is 2.31. The molecule has 0 N–H and O–H groups in total. The van der Waals surface area contributed by atoms with E-state index in [1.807, 2.05) is 21.8 Å². The third-order valence-electron chi connectivity index (χ3n) is 5.87. The van der Waals surface area contributed by atoms with Crippen LogP contribution in [0.3, 0.4) is 0 Å². The standard InChI is InChI=1S/C19H26N6O/c26-18(23-6-1-2-7-23)14-22-9-11-24(12-10-22)19-17-13-16(15-3-4-15)21-25(17)8-5-20-19/h5,8,13,15H,1-4,6-7,9-12,14H2. The van der Waals surface area contributed by atoms with Gasteiger partial charge in [-0.15, -0.1) is 0 Å². The third kappa shape index (κ3) is 3.05. The Hall–Kier alpha value is -2.15. The number of nitrogens with zero attached hydrogens (tertiary/aromatic N) is 6. The van der Waals surface area contributed by atoms with Gasteiger partial charge in [-0.1, -0.05) is 0 Å². The first-order valence-electron chi connectivity index (χ1n) is 9.87. The van der Waals surface area contributed by atoms with E-state index in [0.717, 1.165) is 63.4 Å². The van der Waals surface area contributed by atoms with Crippen molar-refractivity contribution >= 4 is 17.2 Å². The fourth-order valence-corrected chi connectivity index (χ4v) is 4.13. The molecule has 0 atom stereocenters. The van der Waals surface area contributed by atoms with Crippen LogP contribution in [0, 0.1) is 0 Å². The summed E-state index contributed by atoms with van der Waals surface area (Å²) < 4.78 is 1.97. The molecule has 0 aromatic carbocycles. The summed E-state index contributed by atoms with van der Waals surface area (Å²) in [4.78, 5) is 23.6. The van der Waals surface area contributed by atoms with E-state index in [2.05, 4.69) is 20.9 Å². The van der Waals surface area contributed by atoms with Crippen molar-refractivity contribution in [1.29, 1.82) is 0 Å². The molecule has 26 heavy (non-hydrogen) atoms. The molecule has 0 unspecified atom stereocenters. The van der Waals surface area contributed by atoms with Crippen molar-refractivity contribution in [2.45, 2.75) is 31.6 Å². The van der Waals surface area contributed by atoms with Crippen molar-refractivity contribution in [3.05, 3.63) is 24.2 Å². The first-order chi connectivity index (χ1) is 12.8. The second-order valence-corrected chi connectivity index (χ2v) is 7.78. The molecule has 3 fully saturated rings. The monoisotopic (exact) mass is 354 g/mol. The van der Waals surface area contributed by atoms with Crippen LogP contribution < -0.4 is 4.90 Å². The number of hydrogen-bond donors (Lipinski definition) is 0. The van der Waals surface area contributed by atoms with Crippen molar-refractivity contribution in [3.63, 3.8) is 0 Å². The predicted octanol–water partition coefficient (Wildman–Crippen LogP) is 1.35. The molecule has 3 aliphatic rings. The van der Waals surface area contributed by atoms with Gasteiger partial charge in [0.15, 0.2) is 5.82 Å².